The summed E-state index contributed by atoms with van der Waals surface area (Å²) in [6, 6.07) is 0. The standard InChI is InChI=1S/C17H31NO/c1-16-6-3-4-7-17(2,10-9-16)13-15(5-8-16)14-18-11-12-19/h9-10,15,18-19H,3-8,11-14H2,1-2H3. The summed E-state index contributed by atoms with van der Waals surface area (Å²) < 4.78 is 0. The van der Waals surface area contributed by atoms with Gasteiger partial charge in [-0.2, -0.15) is 0 Å². The summed E-state index contributed by atoms with van der Waals surface area (Å²) in [6.45, 7) is 6.94. The highest BCUT2D eigenvalue weighted by Gasteiger charge is 2.33. The average Bonchev–Trinajstić information content (AvgIpc) is 2.37. The summed E-state index contributed by atoms with van der Waals surface area (Å²) in [5.41, 5.74) is 0.824. The van der Waals surface area contributed by atoms with Crippen molar-refractivity contribution in [2.75, 3.05) is 19.7 Å². The van der Waals surface area contributed by atoms with Crippen LogP contribution in [-0.4, -0.2) is 24.8 Å². The summed E-state index contributed by atoms with van der Waals surface area (Å²) in [6.07, 6.45) is 14.5. The van der Waals surface area contributed by atoms with Crippen molar-refractivity contribution in [1.82, 2.24) is 5.32 Å². The minimum absolute atomic E-state index is 0.252. The number of aliphatic hydroxyl groups excluding tert-OH is 1. The van der Waals surface area contributed by atoms with E-state index in [1.165, 1.54) is 44.9 Å². The molecule has 0 spiro atoms. The molecule has 0 aromatic heterocycles. The van der Waals surface area contributed by atoms with Gasteiger partial charge in [0.25, 0.3) is 0 Å². The fourth-order valence-corrected chi connectivity index (χ4v) is 3.86. The van der Waals surface area contributed by atoms with E-state index in [-0.39, 0.29) is 6.61 Å². The van der Waals surface area contributed by atoms with E-state index >= 15 is 0 Å². The molecule has 2 aliphatic rings. The zero-order valence-electron chi connectivity index (χ0n) is 12.8. The number of hydrogen-bond acceptors (Lipinski definition) is 2. The third-order valence-electron chi connectivity index (χ3n) is 5.23. The first-order valence-corrected chi connectivity index (χ1v) is 8.07. The van der Waals surface area contributed by atoms with E-state index in [4.69, 9.17) is 5.11 Å². The van der Waals surface area contributed by atoms with Crippen molar-refractivity contribution in [2.24, 2.45) is 16.7 Å². The molecule has 2 rings (SSSR count). The fraction of sp³-hybridized carbons (Fsp3) is 0.882. The molecular formula is C17H31NO. The Hall–Kier alpha value is -0.340. The fourth-order valence-electron chi connectivity index (χ4n) is 3.86. The highest BCUT2D eigenvalue weighted by molar-refractivity contribution is 5.08. The van der Waals surface area contributed by atoms with Crippen LogP contribution in [0.5, 0.6) is 0 Å². The van der Waals surface area contributed by atoms with Gasteiger partial charge in [-0.25, -0.2) is 0 Å². The highest BCUT2D eigenvalue weighted by Crippen LogP contribution is 2.45. The summed E-state index contributed by atoms with van der Waals surface area (Å²) in [5.74, 6) is 0.763. The summed E-state index contributed by atoms with van der Waals surface area (Å²) in [7, 11) is 0. The quantitative estimate of drug-likeness (QED) is 0.602. The van der Waals surface area contributed by atoms with Gasteiger partial charge in [0.05, 0.1) is 6.61 Å². The van der Waals surface area contributed by atoms with Gasteiger partial charge in [-0.15, -0.1) is 0 Å². The van der Waals surface area contributed by atoms with E-state index in [9.17, 15) is 0 Å². The lowest BCUT2D eigenvalue weighted by molar-refractivity contribution is 0.191. The van der Waals surface area contributed by atoms with Crippen LogP contribution in [0.15, 0.2) is 12.2 Å². The van der Waals surface area contributed by atoms with Crippen LogP contribution in [0, 0.1) is 16.7 Å². The predicted molar refractivity (Wildman–Crippen MR) is 81.1 cm³/mol. The Kier molecular flexibility index (Phi) is 5.08. The number of fused-ring (bicyclic) bond motifs is 2. The van der Waals surface area contributed by atoms with Gasteiger partial charge in [-0.05, 0) is 55.4 Å². The highest BCUT2D eigenvalue weighted by atomic mass is 16.3. The third-order valence-corrected chi connectivity index (χ3v) is 5.23. The molecule has 2 aliphatic carbocycles. The second kappa shape index (κ2) is 6.41. The molecule has 110 valence electrons. The molecule has 2 nitrogen and oxygen atoms in total. The summed E-state index contributed by atoms with van der Waals surface area (Å²) in [5, 5.41) is 12.3. The zero-order valence-corrected chi connectivity index (χ0v) is 12.8. The second-order valence-corrected chi connectivity index (χ2v) is 7.39. The summed E-state index contributed by atoms with van der Waals surface area (Å²) in [4.78, 5) is 0. The molecule has 0 fully saturated rings. The van der Waals surface area contributed by atoms with Crippen molar-refractivity contribution in [3.05, 3.63) is 12.2 Å². The molecule has 2 bridgehead atoms. The lowest BCUT2D eigenvalue weighted by Crippen LogP contribution is -2.33. The average molecular weight is 265 g/mol. The topological polar surface area (TPSA) is 32.3 Å². The van der Waals surface area contributed by atoms with Crippen LogP contribution in [-0.2, 0) is 0 Å². The first-order chi connectivity index (χ1) is 9.05. The molecule has 2 N–H and O–H groups in total. The Bertz CT molecular complexity index is 314. The van der Waals surface area contributed by atoms with Crippen LogP contribution < -0.4 is 5.32 Å². The van der Waals surface area contributed by atoms with Crippen molar-refractivity contribution in [3.8, 4) is 0 Å². The molecule has 0 amide bonds. The molecule has 0 radical (unpaired) electrons. The van der Waals surface area contributed by atoms with Crippen LogP contribution in [0.25, 0.3) is 0 Å². The van der Waals surface area contributed by atoms with Crippen molar-refractivity contribution >= 4 is 0 Å². The van der Waals surface area contributed by atoms with Gasteiger partial charge < -0.3 is 10.4 Å². The SMILES string of the molecule is CC12C=CC(C)(CCCC1)CC(CNCCO)CC2. The van der Waals surface area contributed by atoms with E-state index in [1.54, 1.807) is 0 Å². The molecule has 0 aliphatic heterocycles. The summed E-state index contributed by atoms with van der Waals surface area (Å²) >= 11 is 0. The zero-order chi connectivity index (χ0) is 13.8. The lowest BCUT2D eigenvalue weighted by Gasteiger charge is -2.40. The molecule has 19 heavy (non-hydrogen) atoms. The van der Waals surface area contributed by atoms with Gasteiger partial charge in [-0.1, -0.05) is 38.8 Å². The van der Waals surface area contributed by atoms with E-state index in [0.717, 1.165) is 19.0 Å². The maximum absolute atomic E-state index is 8.90. The van der Waals surface area contributed by atoms with E-state index in [1.807, 2.05) is 0 Å². The molecule has 2 heteroatoms. The van der Waals surface area contributed by atoms with Crippen LogP contribution >= 0.6 is 0 Å². The maximum Gasteiger partial charge on any atom is 0.0555 e. The van der Waals surface area contributed by atoms with Gasteiger partial charge >= 0.3 is 0 Å². The molecule has 3 atom stereocenters. The lowest BCUT2D eigenvalue weighted by atomic mass is 9.66. The normalized spacial score (nSPS) is 39.4. The van der Waals surface area contributed by atoms with E-state index in [2.05, 4.69) is 31.3 Å². The van der Waals surface area contributed by atoms with Crippen molar-refractivity contribution < 1.29 is 5.11 Å². The van der Waals surface area contributed by atoms with Crippen LogP contribution in [0.1, 0.15) is 58.8 Å². The van der Waals surface area contributed by atoms with Crippen molar-refractivity contribution in [3.63, 3.8) is 0 Å². The van der Waals surface area contributed by atoms with Crippen molar-refractivity contribution in [1.29, 1.82) is 0 Å². The minimum atomic E-state index is 0.252. The largest absolute Gasteiger partial charge is 0.395 e. The van der Waals surface area contributed by atoms with Gasteiger partial charge in [0.2, 0.25) is 0 Å². The number of aliphatic hydroxyl groups is 1. The minimum Gasteiger partial charge on any atom is -0.395 e. The Labute approximate surface area is 118 Å². The number of nitrogens with one attached hydrogen (secondary N) is 1. The Morgan fingerprint density at radius 1 is 1.11 bits per heavy atom. The molecule has 0 saturated carbocycles. The number of rotatable bonds is 4. The molecule has 3 unspecified atom stereocenters. The number of hydrogen-bond donors (Lipinski definition) is 2. The second-order valence-electron chi connectivity index (χ2n) is 7.39. The van der Waals surface area contributed by atoms with Gasteiger partial charge in [-0.3, -0.25) is 0 Å². The molecular weight excluding hydrogens is 234 g/mol. The molecule has 0 aromatic carbocycles. The van der Waals surface area contributed by atoms with Crippen molar-refractivity contribution in [2.45, 2.75) is 58.8 Å². The first-order valence-electron chi connectivity index (χ1n) is 8.07. The number of allylic oxidation sites excluding steroid dienone is 2. The van der Waals surface area contributed by atoms with Crippen LogP contribution in [0.3, 0.4) is 0 Å². The van der Waals surface area contributed by atoms with Gasteiger partial charge in [0.1, 0.15) is 0 Å². The van der Waals surface area contributed by atoms with Gasteiger partial charge in [0.15, 0.2) is 0 Å². The Morgan fingerprint density at radius 3 is 2.53 bits per heavy atom. The van der Waals surface area contributed by atoms with E-state index in [0.29, 0.717) is 10.8 Å². The first kappa shape index (κ1) is 15.1. The molecule has 0 aromatic rings. The Morgan fingerprint density at radius 2 is 1.79 bits per heavy atom. The molecule has 0 saturated heterocycles. The maximum atomic E-state index is 8.90. The van der Waals surface area contributed by atoms with Gasteiger partial charge in [0, 0.05) is 6.54 Å². The predicted octanol–water partition coefficient (Wildman–Crippen LogP) is 3.51. The third kappa shape index (κ3) is 4.32. The smallest absolute Gasteiger partial charge is 0.0555 e. The molecule has 0 heterocycles. The Balaban J connectivity index is 2.06. The van der Waals surface area contributed by atoms with E-state index < -0.39 is 0 Å². The monoisotopic (exact) mass is 265 g/mol. The van der Waals surface area contributed by atoms with Crippen LogP contribution in [0.2, 0.25) is 0 Å². The van der Waals surface area contributed by atoms with Crippen LogP contribution in [0.4, 0.5) is 0 Å².